The van der Waals surface area contributed by atoms with Crippen LogP contribution in [0.1, 0.15) is 25.3 Å². The fraction of sp³-hybridized carbons (Fsp3) is 0.278. The van der Waals surface area contributed by atoms with E-state index in [9.17, 15) is 4.79 Å². The Kier molecular flexibility index (Phi) is 3.38. The summed E-state index contributed by atoms with van der Waals surface area (Å²) in [5.74, 6) is 0. The summed E-state index contributed by atoms with van der Waals surface area (Å²) in [5.41, 5.74) is 3.40. The number of hydrogen-bond donors (Lipinski definition) is 0. The molecule has 2 aliphatic rings. The summed E-state index contributed by atoms with van der Waals surface area (Å²) in [4.78, 5) is 18.6. The molecule has 0 saturated carbocycles. The quantitative estimate of drug-likeness (QED) is 0.530. The largest absolute Gasteiger partial charge is 0.287 e. The van der Waals surface area contributed by atoms with Crippen LogP contribution in [0.25, 0.3) is 31.7 Å². The lowest BCUT2D eigenvalue weighted by atomic mass is 10.1. The molecule has 0 spiro atoms. The fourth-order valence-corrected chi connectivity index (χ4v) is 4.04. The molecule has 2 heterocycles. The number of aromatic nitrogens is 3. The number of nitrogens with zero attached hydrogens (tertiary/aromatic N) is 3. The number of rotatable bonds is 3. The SMILES string of the molecule is CCCCn1ncc2c3nc4ccccc4sc-3c(C)c(=O)c21. The number of benzene rings is 2. The second-order valence-corrected chi connectivity index (χ2v) is 6.85. The summed E-state index contributed by atoms with van der Waals surface area (Å²) in [6, 6.07) is 8.05. The molecule has 0 atom stereocenters. The average molecular weight is 323 g/mol. The fourth-order valence-electron chi connectivity index (χ4n) is 2.96. The summed E-state index contributed by atoms with van der Waals surface area (Å²) >= 11 is 1.63. The molecule has 4 rings (SSSR count). The van der Waals surface area contributed by atoms with Crippen LogP contribution in [0.5, 0.6) is 0 Å². The number of aryl methyl sites for hydroxylation is 1. The van der Waals surface area contributed by atoms with Crippen LogP contribution in [-0.4, -0.2) is 14.8 Å². The Bertz CT molecular complexity index is 1050. The predicted molar refractivity (Wildman–Crippen MR) is 95.4 cm³/mol. The van der Waals surface area contributed by atoms with Crippen LogP contribution in [0.4, 0.5) is 0 Å². The lowest BCUT2D eigenvalue weighted by molar-refractivity contribution is 0.587. The van der Waals surface area contributed by atoms with E-state index in [1.54, 1.807) is 17.5 Å². The minimum atomic E-state index is 0.0782. The maximum Gasteiger partial charge on any atom is 0.208 e. The molecule has 23 heavy (non-hydrogen) atoms. The van der Waals surface area contributed by atoms with Crippen molar-refractivity contribution in [2.24, 2.45) is 0 Å². The Labute approximate surface area is 137 Å². The Morgan fingerprint density at radius 3 is 2.91 bits per heavy atom. The van der Waals surface area contributed by atoms with E-state index in [0.717, 1.165) is 51.1 Å². The molecule has 0 saturated heterocycles. The minimum absolute atomic E-state index is 0.0782. The van der Waals surface area contributed by atoms with E-state index in [2.05, 4.69) is 12.0 Å². The van der Waals surface area contributed by atoms with Crippen LogP contribution in [0.2, 0.25) is 0 Å². The zero-order valence-electron chi connectivity index (χ0n) is 13.2. The molecule has 1 aliphatic heterocycles. The molecule has 0 radical (unpaired) electrons. The van der Waals surface area contributed by atoms with E-state index in [1.807, 2.05) is 35.9 Å². The third kappa shape index (κ3) is 2.15. The standard InChI is InChI=1S/C18H17N3OS/c1-3-4-9-21-16-12(10-19-21)15-18(11(2)17(16)22)23-14-8-6-5-7-13(14)20-15/h5-8,10H,3-4,9H2,1-2H3. The molecule has 1 aromatic carbocycles. The van der Waals surface area contributed by atoms with Crippen molar-refractivity contribution < 1.29 is 0 Å². The van der Waals surface area contributed by atoms with Crippen molar-refractivity contribution in [3.63, 3.8) is 0 Å². The van der Waals surface area contributed by atoms with E-state index < -0.39 is 0 Å². The van der Waals surface area contributed by atoms with E-state index in [4.69, 9.17) is 4.98 Å². The normalized spacial score (nSPS) is 11.7. The van der Waals surface area contributed by atoms with Crippen molar-refractivity contribution in [3.8, 4) is 10.6 Å². The van der Waals surface area contributed by atoms with Crippen LogP contribution in [0.3, 0.4) is 0 Å². The first-order valence-electron chi connectivity index (χ1n) is 7.88. The van der Waals surface area contributed by atoms with Gasteiger partial charge in [0.2, 0.25) is 5.43 Å². The molecule has 0 amide bonds. The van der Waals surface area contributed by atoms with Crippen LogP contribution >= 0.6 is 11.3 Å². The molecule has 4 nitrogen and oxygen atoms in total. The zero-order chi connectivity index (χ0) is 16.0. The van der Waals surface area contributed by atoms with Crippen molar-refractivity contribution in [3.05, 3.63) is 46.2 Å². The summed E-state index contributed by atoms with van der Waals surface area (Å²) in [5, 5.41) is 5.32. The maximum absolute atomic E-state index is 12.8. The van der Waals surface area contributed by atoms with Gasteiger partial charge in [0.15, 0.2) is 0 Å². The lowest BCUT2D eigenvalue weighted by Crippen LogP contribution is -2.13. The van der Waals surface area contributed by atoms with Crippen molar-refractivity contribution in [1.29, 1.82) is 0 Å². The molecule has 0 unspecified atom stereocenters. The second-order valence-electron chi connectivity index (χ2n) is 5.80. The Morgan fingerprint density at radius 2 is 2.09 bits per heavy atom. The van der Waals surface area contributed by atoms with E-state index in [0.29, 0.717) is 5.52 Å². The van der Waals surface area contributed by atoms with Gasteiger partial charge in [0.05, 0.1) is 32.4 Å². The van der Waals surface area contributed by atoms with Crippen molar-refractivity contribution >= 4 is 32.5 Å². The zero-order valence-corrected chi connectivity index (χ0v) is 14.0. The summed E-state index contributed by atoms with van der Waals surface area (Å²) < 4.78 is 2.94. The van der Waals surface area contributed by atoms with Crippen LogP contribution < -0.4 is 5.43 Å². The van der Waals surface area contributed by atoms with E-state index in [1.165, 1.54) is 0 Å². The minimum Gasteiger partial charge on any atom is -0.287 e. The topological polar surface area (TPSA) is 47.8 Å². The number of unbranched alkanes of at least 4 members (excludes halogenated alkanes) is 1. The highest BCUT2D eigenvalue weighted by Crippen LogP contribution is 2.36. The number of hydrogen-bond acceptors (Lipinski definition) is 4. The van der Waals surface area contributed by atoms with Crippen molar-refractivity contribution in [2.75, 3.05) is 0 Å². The number of fused-ring (bicyclic) bond motifs is 4. The molecule has 5 heteroatoms. The molecule has 0 N–H and O–H groups in total. The Balaban J connectivity index is 2.12. The van der Waals surface area contributed by atoms with Crippen molar-refractivity contribution in [2.45, 2.75) is 33.2 Å². The first-order valence-corrected chi connectivity index (χ1v) is 8.70. The molecule has 1 aliphatic carbocycles. The van der Waals surface area contributed by atoms with Gasteiger partial charge in [0, 0.05) is 12.1 Å². The van der Waals surface area contributed by atoms with Crippen LogP contribution in [-0.2, 0) is 6.54 Å². The molecule has 1 aromatic heterocycles. The summed E-state index contributed by atoms with van der Waals surface area (Å²) in [6.07, 6.45) is 3.89. The van der Waals surface area contributed by atoms with Crippen molar-refractivity contribution in [1.82, 2.24) is 14.8 Å². The third-order valence-corrected chi connectivity index (χ3v) is 5.51. The Hall–Kier alpha value is -2.27. The maximum atomic E-state index is 12.8. The summed E-state index contributed by atoms with van der Waals surface area (Å²) in [7, 11) is 0. The van der Waals surface area contributed by atoms with Gasteiger partial charge in [-0.15, -0.1) is 11.3 Å². The molecule has 116 valence electrons. The van der Waals surface area contributed by atoms with Gasteiger partial charge in [-0.1, -0.05) is 25.5 Å². The van der Waals surface area contributed by atoms with E-state index in [-0.39, 0.29) is 5.43 Å². The van der Waals surface area contributed by atoms with Gasteiger partial charge in [0.1, 0.15) is 5.52 Å². The third-order valence-electron chi connectivity index (χ3n) is 4.24. The van der Waals surface area contributed by atoms with Gasteiger partial charge in [-0.25, -0.2) is 4.98 Å². The van der Waals surface area contributed by atoms with Gasteiger partial charge in [0.25, 0.3) is 0 Å². The number of para-hydroxylation sites is 1. The Morgan fingerprint density at radius 1 is 1.26 bits per heavy atom. The first kappa shape index (κ1) is 14.3. The smallest absolute Gasteiger partial charge is 0.208 e. The highest BCUT2D eigenvalue weighted by molar-refractivity contribution is 7.21. The molecular weight excluding hydrogens is 306 g/mol. The van der Waals surface area contributed by atoms with Crippen LogP contribution in [0, 0.1) is 6.92 Å². The highest BCUT2D eigenvalue weighted by atomic mass is 32.1. The van der Waals surface area contributed by atoms with Gasteiger partial charge in [-0.3, -0.25) is 9.48 Å². The molecule has 0 bridgehead atoms. The second kappa shape index (κ2) is 5.42. The molecule has 0 fully saturated rings. The predicted octanol–water partition coefficient (Wildman–Crippen LogP) is 4.22. The monoisotopic (exact) mass is 323 g/mol. The lowest BCUT2D eigenvalue weighted by Gasteiger charge is -2.11. The summed E-state index contributed by atoms with van der Waals surface area (Å²) in [6.45, 7) is 4.81. The van der Waals surface area contributed by atoms with E-state index >= 15 is 0 Å². The first-order chi connectivity index (χ1) is 11.2. The molecular formula is C18H17N3OS. The van der Waals surface area contributed by atoms with Gasteiger partial charge in [-0.2, -0.15) is 5.10 Å². The highest BCUT2D eigenvalue weighted by Gasteiger charge is 2.21. The van der Waals surface area contributed by atoms with Gasteiger partial charge >= 0.3 is 0 Å². The van der Waals surface area contributed by atoms with Gasteiger partial charge in [-0.05, 0) is 25.5 Å². The molecule has 2 aromatic rings. The average Bonchev–Trinajstić information content (AvgIpc) is 3.00. The van der Waals surface area contributed by atoms with Gasteiger partial charge < -0.3 is 0 Å². The van der Waals surface area contributed by atoms with Crippen LogP contribution in [0.15, 0.2) is 35.3 Å².